The van der Waals surface area contributed by atoms with Crippen LogP contribution in [-0.2, 0) is 10.0 Å². The SMILES string of the molecule is Cc1ccc(NC(=O)c2cccc(S(=O)(=O)NC(C)(C)C)c2)c(C)c1. The summed E-state index contributed by atoms with van der Waals surface area (Å²) in [7, 11) is -3.69. The first-order valence-corrected chi connectivity index (χ1v) is 9.49. The van der Waals surface area contributed by atoms with Crippen molar-refractivity contribution in [3.05, 3.63) is 59.2 Å². The Labute approximate surface area is 149 Å². The Bertz CT molecular complexity index is 897. The number of anilines is 1. The van der Waals surface area contributed by atoms with Crippen molar-refractivity contribution in [2.45, 2.75) is 45.1 Å². The highest BCUT2D eigenvalue weighted by Crippen LogP contribution is 2.19. The lowest BCUT2D eigenvalue weighted by molar-refractivity contribution is 0.102. The van der Waals surface area contributed by atoms with E-state index < -0.39 is 15.6 Å². The minimum Gasteiger partial charge on any atom is -0.322 e. The van der Waals surface area contributed by atoms with Crippen molar-refractivity contribution >= 4 is 21.6 Å². The van der Waals surface area contributed by atoms with E-state index in [0.717, 1.165) is 11.1 Å². The Balaban J connectivity index is 2.27. The summed E-state index contributed by atoms with van der Waals surface area (Å²) in [5.74, 6) is -0.347. The molecule has 0 atom stereocenters. The van der Waals surface area contributed by atoms with Crippen molar-refractivity contribution in [1.82, 2.24) is 4.72 Å². The molecule has 0 spiro atoms. The van der Waals surface area contributed by atoms with E-state index in [-0.39, 0.29) is 16.4 Å². The highest BCUT2D eigenvalue weighted by atomic mass is 32.2. The van der Waals surface area contributed by atoms with Crippen LogP contribution in [0.1, 0.15) is 42.3 Å². The molecule has 6 heteroatoms. The number of carbonyl (C=O) groups is 1. The Morgan fingerprint density at radius 1 is 1.00 bits per heavy atom. The predicted octanol–water partition coefficient (Wildman–Crippen LogP) is 3.63. The fourth-order valence-electron chi connectivity index (χ4n) is 2.41. The summed E-state index contributed by atoms with van der Waals surface area (Å²) in [6.45, 7) is 9.19. The van der Waals surface area contributed by atoms with E-state index in [0.29, 0.717) is 5.69 Å². The van der Waals surface area contributed by atoms with Gasteiger partial charge in [-0.2, -0.15) is 0 Å². The molecule has 0 fully saturated rings. The summed E-state index contributed by atoms with van der Waals surface area (Å²) in [5, 5.41) is 2.83. The zero-order valence-electron chi connectivity index (χ0n) is 15.2. The summed E-state index contributed by atoms with van der Waals surface area (Å²) >= 11 is 0. The third kappa shape index (κ3) is 5.14. The number of carbonyl (C=O) groups excluding carboxylic acids is 1. The van der Waals surface area contributed by atoms with Crippen LogP contribution < -0.4 is 10.0 Å². The predicted molar refractivity (Wildman–Crippen MR) is 100 cm³/mol. The van der Waals surface area contributed by atoms with Crippen molar-refractivity contribution in [2.24, 2.45) is 0 Å². The second kappa shape index (κ2) is 6.98. The number of aryl methyl sites for hydroxylation is 2. The van der Waals surface area contributed by atoms with Crippen molar-refractivity contribution in [3.8, 4) is 0 Å². The molecule has 2 rings (SSSR count). The van der Waals surface area contributed by atoms with E-state index in [4.69, 9.17) is 0 Å². The molecule has 0 aliphatic heterocycles. The number of hydrogen-bond donors (Lipinski definition) is 2. The summed E-state index contributed by atoms with van der Waals surface area (Å²) in [5.41, 5.74) is 2.45. The standard InChI is InChI=1S/C19H24N2O3S/c1-13-9-10-17(14(2)11-13)20-18(22)15-7-6-8-16(12-15)25(23,24)21-19(3,4)5/h6-12,21H,1-5H3,(H,20,22). The van der Waals surface area contributed by atoms with E-state index in [1.54, 1.807) is 32.9 Å². The quantitative estimate of drug-likeness (QED) is 0.874. The van der Waals surface area contributed by atoms with Crippen molar-refractivity contribution in [3.63, 3.8) is 0 Å². The van der Waals surface area contributed by atoms with E-state index in [2.05, 4.69) is 10.0 Å². The highest BCUT2D eigenvalue weighted by molar-refractivity contribution is 7.89. The monoisotopic (exact) mass is 360 g/mol. The summed E-state index contributed by atoms with van der Waals surface area (Å²) in [6, 6.07) is 11.7. The molecule has 1 amide bonds. The zero-order valence-corrected chi connectivity index (χ0v) is 16.0. The first-order chi connectivity index (χ1) is 11.5. The maximum absolute atomic E-state index is 12.5. The second-order valence-electron chi connectivity index (χ2n) is 7.16. The van der Waals surface area contributed by atoms with Crippen LogP contribution in [0.5, 0.6) is 0 Å². The minimum absolute atomic E-state index is 0.0655. The molecule has 5 nitrogen and oxygen atoms in total. The molecule has 0 heterocycles. The van der Waals surface area contributed by atoms with Gasteiger partial charge in [-0.15, -0.1) is 0 Å². The van der Waals surface area contributed by atoms with Crippen LogP contribution in [0.4, 0.5) is 5.69 Å². The van der Waals surface area contributed by atoms with Crippen LogP contribution in [0.15, 0.2) is 47.4 Å². The Morgan fingerprint density at radius 2 is 1.68 bits per heavy atom. The molecule has 2 aromatic rings. The van der Waals surface area contributed by atoms with Gasteiger partial charge in [-0.3, -0.25) is 4.79 Å². The molecule has 0 aliphatic rings. The van der Waals surface area contributed by atoms with Gasteiger partial charge in [-0.05, 0) is 64.4 Å². The van der Waals surface area contributed by atoms with Gasteiger partial charge >= 0.3 is 0 Å². The van der Waals surface area contributed by atoms with Crippen LogP contribution >= 0.6 is 0 Å². The molecular formula is C19H24N2O3S. The fourth-order valence-corrected chi connectivity index (χ4v) is 3.88. The fraction of sp³-hybridized carbons (Fsp3) is 0.316. The molecule has 25 heavy (non-hydrogen) atoms. The van der Waals surface area contributed by atoms with Gasteiger partial charge < -0.3 is 5.32 Å². The molecule has 0 unspecified atom stereocenters. The molecular weight excluding hydrogens is 336 g/mol. The number of benzene rings is 2. The average Bonchev–Trinajstić information content (AvgIpc) is 2.48. The highest BCUT2D eigenvalue weighted by Gasteiger charge is 2.22. The third-order valence-corrected chi connectivity index (χ3v) is 5.23. The van der Waals surface area contributed by atoms with Gasteiger partial charge in [-0.25, -0.2) is 13.1 Å². The molecule has 0 aromatic heterocycles. The second-order valence-corrected chi connectivity index (χ2v) is 8.84. The number of nitrogens with one attached hydrogen (secondary N) is 2. The van der Waals surface area contributed by atoms with Crippen LogP contribution in [0.25, 0.3) is 0 Å². The molecule has 2 N–H and O–H groups in total. The van der Waals surface area contributed by atoms with Crippen LogP contribution in [0.2, 0.25) is 0 Å². The van der Waals surface area contributed by atoms with Crippen molar-refractivity contribution in [2.75, 3.05) is 5.32 Å². The molecule has 2 aromatic carbocycles. The zero-order chi connectivity index (χ0) is 18.8. The Kier molecular flexibility index (Phi) is 5.34. The van der Waals surface area contributed by atoms with Gasteiger partial charge in [0.25, 0.3) is 5.91 Å². The number of hydrogen-bond acceptors (Lipinski definition) is 3. The summed E-state index contributed by atoms with van der Waals surface area (Å²) < 4.78 is 27.4. The summed E-state index contributed by atoms with van der Waals surface area (Å²) in [4.78, 5) is 12.6. The van der Waals surface area contributed by atoms with Crippen molar-refractivity contribution in [1.29, 1.82) is 0 Å². The smallest absolute Gasteiger partial charge is 0.255 e. The minimum atomic E-state index is -3.69. The topological polar surface area (TPSA) is 75.3 Å². The van der Waals surface area contributed by atoms with E-state index >= 15 is 0 Å². The first kappa shape index (κ1) is 19.1. The maximum Gasteiger partial charge on any atom is 0.255 e. The van der Waals surface area contributed by atoms with E-state index in [9.17, 15) is 13.2 Å². The average molecular weight is 360 g/mol. The van der Waals surface area contributed by atoms with Crippen LogP contribution in [-0.4, -0.2) is 19.9 Å². The molecule has 0 radical (unpaired) electrons. The van der Waals surface area contributed by atoms with Gasteiger partial charge in [0.1, 0.15) is 0 Å². The van der Waals surface area contributed by atoms with Gasteiger partial charge in [0.05, 0.1) is 4.90 Å². The van der Waals surface area contributed by atoms with Gasteiger partial charge in [0.15, 0.2) is 0 Å². The first-order valence-electron chi connectivity index (χ1n) is 8.01. The van der Waals surface area contributed by atoms with Gasteiger partial charge in [0.2, 0.25) is 10.0 Å². The largest absolute Gasteiger partial charge is 0.322 e. The Morgan fingerprint density at radius 3 is 2.28 bits per heavy atom. The number of amides is 1. The van der Waals surface area contributed by atoms with Gasteiger partial charge in [-0.1, -0.05) is 23.8 Å². The number of rotatable bonds is 4. The molecule has 0 saturated heterocycles. The lowest BCUT2D eigenvalue weighted by Crippen LogP contribution is -2.40. The van der Waals surface area contributed by atoms with Gasteiger partial charge in [0, 0.05) is 16.8 Å². The maximum atomic E-state index is 12.5. The van der Waals surface area contributed by atoms with E-state index in [1.165, 1.54) is 12.1 Å². The lowest BCUT2D eigenvalue weighted by atomic mass is 10.1. The molecule has 134 valence electrons. The van der Waals surface area contributed by atoms with Crippen LogP contribution in [0, 0.1) is 13.8 Å². The number of sulfonamides is 1. The Hall–Kier alpha value is -2.18. The lowest BCUT2D eigenvalue weighted by Gasteiger charge is -2.20. The van der Waals surface area contributed by atoms with Crippen molar-refractivity contribution < 1.29 is 13.2 Å². The van der Waals surface area contributed by atoms with Crippen LogP contribution in [0.3, 0.4) is 0 Å². The molecule has 0 bridgehead atoms. The summed E-state index contributed by atoms with van der Waals surface area (Å²) in [6.07, 6.45) is 0. The van der Waals surface area contributed by atoms with E-state index in [1.807, 2.05) is 32.0 Å². The normalized spacial score (nSPS) is 12.0. The third-order valence-electron chi connectivity index (χ3n) is 3.48. The molecule has 0 aliphatic carbocycles. The molecule has 0 saturated carbocycles.